The van der Waals surface area contributed by atoms with Gasteiger partial charge >= 0.3 is 5.69 Å². The van der Waals surface area contributed by atoms with Gasteiger partial charge in [-0.05, 0) is 17.7 Å². The van der Waals surface area contributed by atoms with Crippen molar-refractivity contribution in [3.05, 3.63) is 56.2 Å². The van der Waals surface area contributed by atoms with Crippen molar-refractivity contribution in [1.29, 1.82) is 5.26 Å². The number of nitrogens with one attached hydrogen (secondary N) is 2. The van der Waals surface area contributed by atoms with E-state index in [0.29, 0.717) is 12.1 Å². The fourth-order valence-corrected chi connectivity index (χ4v) is 1.70. The highest BCUT2D eigenvalue weighted by atomic mass is 16.2. The number of hydrogen-bond donors (Lipinski definition) is 3. The van der Waals surface area contributed by atoms with E-state index in [9.17, 15) is 9.59 Å². The molecule has 0 aliphatic carbocycles. The molecule has 0 spiro atoms. The summed E-state index contributed by atoms with van der Waals surface area (Å²) >= 11 is 0. The van der Waals surface area contributed by atoms with Crippen molar-refractivity contribution in [3.8, 4) is 6.07 Å². The Balaban J connectivity index is 2.23. The minimum Gasteiger partial charge on any atom is -0.383 e. The van der Waals surface area contributed by atoms with Crippen molar-refractivity contribution in [2.24, 2.45) is 7.05 Å². The van der Waals surface area contributed by atoms with E-state index in [1.165, 1.54) is 7.05 Å². The predicted octanol–water partition coefficient (Wildman–Crippen LogP) is 0.140. The van der Waals surface area contributed by atoms with Crippen LogP contribution in [0.1, 0.15) is 11.1 Å². The molecule has 7 heteroatoms. The van der Waals surface area contributed by atoms with Crippen LogP contribution in [0.4, 0.5) is 11.5 Å². The molecule has 0 aliphatic heterocycles. The Morgan fingerprint density at radius 1 is 1.35 bits per heavy atom. The van der Waals surface area contributed by atoms with Crippen LogP contribution < -0.4 is 22.3 Å². The Bertz CT molecular complexity index is 780. The highest BCUT2D eigenvalue weighted by Gasteiger charge is 2.09. The van der Waals surface area contributed by atoms with Gasteiger partial charge in [-0.3, -0.25) is 14.3 Å². The maximum absolute atomic E-state index is 11.7. The standard InChI is InChI=1S/C13H13N5O2/c1-18-11(15)10(12(19)17-13(18)20)16-7-9-4-2-8(6-14)3-5-9/h2-5,16H,7,15H2,1H3,(H,17,19,20). The van der Waals surface area contributed by atoms with Crippen LogP contribution in [-0.2, 0) is 13.6 Å². The third-order valence-corrected chi connectivity index (χ3v) is 2.92. The molecular weight excluding hydrogens is 258 g/mol. The van der Waals surface area contributed by atoms with E-state index in [0.717, 1.165) is 10.1 Å². The number of nitriles is 1. The molecule has 2 aromatic rings. The number of rotatable bonds is 3. The molecule has 0 bridgehead atoms. The third kappa shape index (κ3) is 2.54. The number of aromatic nitrogens is 2. The largest absolute Gasteiger partial charge is 0.383 e. The fraction of sp³-hybridized carbons (Fsp3) is 0.154. The number of anilines is 2. The van der Waals surface area contributed by atoms with Crippen molar-refractivity contribution in [1.82, 2.24) is 9.55 Å². The van der Waals surface area contributed by atoms with E-state index in [1.54, 1.807) is 24.3 Å². The monoisotopic (exact) mass is 271 g/mol. The smallest absolute Gasteiger partial charge is 0.329 e. The molecule has 0 unspecified atom stereocenters. The van der Waals surface area contributed by atoms with Crippen LogP contribution in [0.15, 0.2) is 33.9 Å². The number of benzene rings is 1. The lowest BCUT2D eigenvalue weighted by Gasteiger charge is -2.10. The van der Waals surface area contributed by atoms with Gasteiger partial charge in [-0.2, -0.15) is 5.26 Å². The topological polar surface area (TPSA) is 117 Å². The molecule has 0 saturated carbocycles. The number of aromatic amines is 1. The summed E-state index contributed by atoms with van der Waals surface area (Å²) < 4.78 is 1.16. The van der Waals surface area contributed by atoms with Crippen LogP contribution in [-0.4, -0.2) is 9.55 Å². The van der Waals surface area contributed by atoms with E-state index >= 15 is 0 Å². The molecule has 0 aliphatic rings. The van der Waals surface area contributed by atoms with Gasteiger partial charge in [0.25, 0.3) is 5.56 Å². The molecule has 0 atom stereocenters. The van der Waals surface area contributed by atoms with Crippen molar-refractivity contribution in [2.75, 3.05) is 11.1 Å². The third-order valence-electron chi connectivity index (χ3n) is 2.92. The zero-order valence-corrected chi connectivity index (χ0v) is 10.8. The Morgan fingerprint density at radius 3 is 2.60 bits per heavy atom. The van der Waals surface area contributed by atoms with Gasteiger partial charge in [0, 0.05) is 13.6 Å². The first-order chi connectivity index (χ1) is 9.52. The molecule has 4 N–H and O–H groups in total. The van der Waals surface area contributed by atoms with Crippen LogP contribution in [0.2, 0.25) is 0 Å². The Morgan fingerprint density at radius 2 is 2.00 bits per heavy atom. The minimum atomic E-state index is -0.559. The maximum atomic E-state index is 11.7. The Hall–Kier alpha value is -3.01. The summed E-state index contributed by atoms with van der Waals surface area (Å²) in [5, 5.41) is 11.6. The fourth-order valence-electron chi connectivity index (χ4n) is 1.70. The van der Waals surface area contributed by atoms with Crippen molar-refractivity contribution in [2.45, 2.75) is 6.54 Å². The van der Waals surface area contributed by atoms with Crippen LogP contribution in [0, 0.1) is 11.3 Å². The average Bonchev–Trinajstić information content (AvgIpc) is 2.45. The quantitative estimate of drug-likeness (QED) is 0.734. The number of nitrogen functional groups attached to an aromatic ring is 1. The van der Waals surface area contributed by atoms with E-state index in [-0.39, 0.29) is 11.5 Å². The summed E-state index contributed by atoms with van der Waals surface area (Å²) in [6.07, 6.45) is 0. The summed E-state index contributed by atoms with van der Waals surface area (Å²) in [5.74, 6) is 0.0763. The van der Waals surface area contributed by atoms with Crippen molar-refractivity contribution in [3.63, 3.8) is 0 Å². The summed E-state index contributed by atoms with van der Waals surface area (Å²) in [5.41, 5.74) is 6.21. The van der Waals surface area contributed by atoms with E-state index in [1.807, 2.05) is 6.07 Å². The lowest BCUT2D eigenvalue weighted by molar-refractivity contribution is 0.812. The van der Waals surface area contributed by atoms with Gasteiger partial charge in [-0.25, -0.2) is 4.79 Å². The van der Waals surface area contributed by atoms with E-state index in [2.05, 4.69) is 10.3 Å². The molecule has 0 fully saturated rings. The van der Waals surface area contributed by atoms with Crippen molar-refractivity contribution >= 4 is 11.5 Å². The van der Waals surface area contributed by atoms with Gasteiger partial charge in [0.15, 0.2) is 0 Å². The second-order valence-electron chi connectivity index (χ2n) is 4.24. The lowest BCUT2D eigenvalue weighted by atomic mass is 10.1. The molecule has 0 radical (unpaired) electrons. The lowest BCUT2D eigenvalue weighted by Crippen LogP contribution is -2.32. The van der Waals surface area contributed by atoms with E-state index < -0.39 is 11.2 Å². The van der Waals surface area contributed by atoms with Gasteiger partial charge in [-0.1, -0.05) is 12.1 Å². The first-order valence-corrected chi connectivity index (χ1v) is 5.84. The SMILES string of the molecule is Cn1c(N)c(NCc2ccc(C#N)cc2)c(=O)[nH]c1=O. The van der Waals surface area contributed by atoms with Gasteiger partial charge in [-0.15, -0.1) is 0 Å². The van der Waals surface area contributed by atoms with E-state index in [4.69, 9.17) is 11.0 Å². The molecule has 1 aromatic heterocycles. The molecule has 1 heterocycles. The highest BCUT2D eigenvalue weighted by Crippen LogP contribution is 2.11. The van der Waals surface area contributed by atoms with Crippen LogP contribution >= 0.6 is 0 Å². The Labute approximate surface area is 114 Å². The zero-order valence-electron chi connectivity index (χ0n) is 10.8. The molecule has 0 amide bonds. The van der Waals surface area contributed by atoms with Crippen LogP contribution in [0.5, 0.6) is 0 Å². The first-order valence-electron chi connectivity index (χ1n) is 5.84. The summed E-state index contributed by atoms with van der Waals surface area (Å²) in [6, 6.07) is 8.95. The second kappa shape index (κ2) is 5.32. The molecule has 1 aromatic carbocycles. The Kier molecular flexibility index (Phi) is 3.57. The molecule has 0 saturated heterocycles. The minimum absolute atomic E-state index is 0.0763. The summed E-state index contributed by atoms with van der Waals surface area (Å²) in [6.45, 7) is 0.358. The number of H-pyrrole nitrogens is 1. The highest BCUT2D eigenvalue weighted by molar-refractivity contribution is 5.60. The van der Waals surface area contributed by atoms with Crippen LogP contribution in [0.25, 0.3) is 0 Å². The van der Waals surface area contributed by atoms with Gasteiger partial charge < -0.3 is 11.1 Å². The molecular formula is C13H13N5O2. The second-order valence-corrected chi connectivity index (χ2v) is 4.24. The molecule has 20 heavy (non-hydrogen) atoms. The molecule has 2 rings (SSSR count). The van der Waals surface area contributed by atoms with Gasteiger partial charge in [0.05, 0.1) is 11.6 Å². The normalized spacial score (nSPS) is 10.0. The van der Waals surface area contributed by atoms with Gasteiger partial charge in [0.2, 0.25) is 0 Å². The average molecular weight is 271 g/mol. The number of nitrogens with two attached hydrogens (primary N) is 1. The zero-order chi connectivity index (χ0) is 14.7. The number of hydrogen-bond acceptors (Lipinski definition) is 5. The molecule has 102 valence electrons. The summed E-state index contributed by atoms with van der Waals surface area (Å²) in [4.78, 5) is 25.2. The predicted molar refractivity (Wildman–Crippen MR) is 75.2 cm³/mol. The first kappa shape index (κ1) is 13.4. The summed E-state index contributed by atoms with van der Waals surface area (Å²) in [7, 11) is 1.47. The maximum Gasteiger partial charge on any atom is 0.329 e. The number of nitrogens with zero attached hydrogens (tertiary/aromatic N) is 2. The van der Waals surface area contributed by atoms with Gasteiger partial charge in [0.1, 0.15) is 11.5 Å². The van der Waals surface area contributed by atoms with Crippen molar-refractivity contribution < 1.29 is 0 Å². The van der Waals surface area contributed by atoms with Crippen LogP contribution in [0.3, 0.4) is 0 Å². The molecule has 7 nitrogen and oxygen atoms in total.